The molecule has 4 rings (SSSR count). The highest BCUT2D eigenvalue weighted by Gasteiger charge is 2.40. The lowest BCUT2D eigenvalue weighted by Crippen LogP contribution is -2.43. The van der Waals surface area contributed by atoms with Gasteiger partial charge in [-0.05, 0) is 48.6 Å². The van der Waals surface area contributed by atoms with Gasteiger partial charge in [0.25, 0.3) is 0 Å². The van der Waals surface area contributed by atoms with Crippen LogP contribution in [-0.2, 0) is 13.0 Å². The first kappa shape index (κ1) is 16.8. The number of hydrogen-bond donors (Lipinski definition) is 2. The van der Waals surface area contributed by atoms with Crippen LogP contribution in [0.1, 0.15) is 53.6 Å². The van der Waals surface area contributed by atoms with E-state index in [-0.39, 0.29) is 5.41 Å². The number of carboxylic acid groups (broad SMARTS) is 1. The largest absolute Gasteiger partial charge is 0.478 e. The predicted octanol–water partition coefficient (Wildman–Crippen LogP) is 4.90. The van der Waals surface area contributed by atoms with Crippen molar-refractivity contribution >= 4 is 17.5 Å². The number of rotatable bonds is 3. The number of para-hydroxylation sites is 1. The molecule has 0 aromatic heterocycles. The van der Waals surface area contributed by atoms with Gasteiger partial charge in [0.2, 0.25) is 0 Å². The molecule has 0 radical (unpaired) electrons. The van der Waals surface area contributed by atoms with Gasteiger partial charge in [0.15, 0.2) is 0 Å². The molecule has 4 heteroatoms. The minimum atomic E-state index is -0.894. The van der Waals surface area contributed by atoms with Crippen LogP contribution in [-0.4, -0.2) is 16.9 Å². The number of amidine groups is 1. The maximum atomic E-state index is 11.0. The lowest BCUT2D eigenvalue weighted by molar-refractivity contribution is 0.0697. The van der Waals surface area contributed by atoms with E-state index in [1.807, 2.05) is 12.1 Å². The smallest absolute Gasteiger partial charge is 0.335 e. The second-order valence-corrected chi connectivity index (χ2v) is 7.47. The van der Waals surface area contributed by atoms with Crippen LogP contribution in [0.15, 0.2) is 53.5 Å². The highest BCUT2D eigenvalue weighted by Crippen LogP contribution is 2.45. The summed E-state index contributed by atoms with van der Waals surface area (Å²) in [6, 6.07) is 15.5. The van der Waals surface area contributed by atoms with Crippen LogP contribution in [0.2, 0.25) is 0 Å². The molecule has 0 unspecified atom stereocenters. The second-order valence-electron chi connectivity index (χ2n) is 7.47. The van der Waals surface area contributed by atoms with E-state index in [4.69, 9.17) is 10.1 Å². The Morgan fingerprint density at radius 2 is 1.77 bits per heavy atom. The summed E-state index contributed by atoms with van der Waals surface area (Å²) in [7, 11) is 0. The molecule has 0 amide bonds. The van der Waals surface area contributed by atoms with E-state index in [1.54, 1.807) is 12.1 Å². The summed E-state index contributed by atoms with van der Waals surface area (Å²) < 4.78 is 0. The van der Waals surface area contributed by atoms with Crippen molar-refractivity contribution in [1.29, 1.82) is 0 Å². The molecular weight excluding hydrogens is 324 g/mol. The third kappa shape index (κ3) is 3.24. The molecule has 26 heavy (non-hydrogen) atoms. The van der Waals surface area contributed by atoms with Gasteiger partial charge < -0.3 is 10.4 Å². The molecule has 0 saturated heterocycles. The monoisotopic (exact) mass is 348 g/mol. The number of hydrogen-bond acceptors (Lipinski definition) is 2. The van der Waals surface area contributed by atoms with Crippen molar-refractivity contribution in [1.82, 2.24) is 0 Å². The number of nitrogens with zero attached hydrogens (tertiary/aromatic N) is 1. The summed E-state index contributed by atoms with van der Waals surface area (Å²) in [6.45, 7) is 0.576. The van der Waals surface area contributed by atoms with Gasteiger partial charge >= 0.3 is 5.97 Å². The Balaban J connectivity index is 1.61. The van der Waals surface area contributed by atoms with Gasteiger partial charge in [-0.3, -0.25) is 4.99 Å². The molecule has 1 aliphatic heterocycles. The maximum Gasteiger partial charge on any atom is 0.335 e. The Bertz CT molecular complexity index is 833. The summed E-state index contributed by atoms with van der Waals surface area (Å²) in [5, 5.41) is 12.6. The van der Waals surface area contributed by atoms with Crippen LogP contribution in [0.3, 0.4) is 0 Å². The average molecular weight is 348 g/mol. The van der Waals surface area contributed by atoms with E-state index in [2.05, 4.69) is 29.6 Å². The van der Waals surface area contributed by atoms with Gasteiger partial charge in [0.05, 0.1) is 12.1 Å². The summed E-state index contributed by atoms with van der Waals surface area (Å²) in [5.74, 6) is 0.216. The topological polar surface area (TPSA) is 61.7 Å². The number of carbonyl (C=O) groups is 1. The van der Waals surface area contributed by atoms with Crippen molar-refractivity contribution in [3.05, 3.63) is 65.2 Å². The van der Waals surface area contributed by atoms with Crippen LogP contribution in [0.4, 0.5) is 5.69 Å². The van der Waals surface area contributed by atoms with Gasteiger partial charge in [-0.25, -0.2) is 4.79 Å². The quantitative estimate of drug-likeness (QED) is 0.829. The van der Waals surface area contributed by atoms with E-state index in [1.165, 1.54) is 43.4 Å². The fraction of sp³-hybridized carbons (Fsp3) is 0.364. The van der Waals surface area contributed by atoms with Crippen LogP contribution < -0.4 is 5.32 Å². The highest BCUT2D eigenvalue weighted by molar-refractivity contribution is 6.02. The SMILES string of the molecule is O=C(O)c1ccc(CN=C2Nc3ccccc3CC23CCCCC3)cc1. The lowest BCUT2D eigenvalue weighted by Gasteiger charge is -2.42. The molecule has 0 bridgehead atoms. The molecule has 2 aromatic carbocycles. The lowest BCUT2D eigenvalue weighted by atomic mass is 9.67. The first-order chi connectivity index (χ1) is 12.7. The summed E-state index contributed by atoms with van der Waals surface area (Å²) in [4.78, 5) is 16.0. The minimum Gasteiger partial charge on any atom is -0.478 e. The van der Waals surface area contributed by atoms with Crippen molar-refractivity contribution < 1.29 is 9.90 Å². The normalized spacial score (nSPS) is 19.8. The van der Waals surface area contributed by atoms with Gasteiger partial charge in [-0.15, -0.1) is 0 Å². The molecule has 2 aliphatic rings. The molecule has 0 atom stereocenters. The Morgan fingerprint density at radius 3 is 2.50 bits per heavy atom. The summed E-state index contributed by atoms with van der Waals surface area (Å²) >= 11 is 0. The number of benzene rings is 2. The summed E-state index contributed by atoms with van der Waals surface area (Å²) in [5.41, 5.74) is 4.04. The molecule has 1 fully saturated rings. The van der Waals surface area contributed by atoms with Crippen LogP contribution in [0, 0.1) is 5.41 Å². The fourth-order valence-electron chi connectivity index (χ4n) is 4.28. The zero-order valence-corrected chi connectivity index (χ0v) is 14.9. The van der Waals surface area contributed by atoms with Crippen molar-refractivity contribution in [2.24, 2.45) is 10.4 Å². The fourth-order valence-corrected chi connectivity index (χ4v) is 4.28. The first-order valence-corrected chi connectivity index (χ1v) is 9.38. The van der Waals surface area contributed by atoms with Crippen molar-refractivity contribution in [3.63, 3.8) is 0 Å². The standard InChI is InChI=1S/C22H24N2O2/c25-20(26)17-10-8-16(9-11-17)15-23-21-22(12-4-1-5-13-22)14-18-6-2-3-7-19(18)24-21/h2-3,6-11H,1,4-5,12-15H2,(H,23,24)(H,25,26). The van der Waals surface area contributed by atoms with Crippen molar-refractivity contribution in [3.8, 4) is 0 Å². The number of fused-ring (bicyclic) bond motifs is 1. The van der Waals surface area contributed by atoms with Crippen molar-refractivity contribution in [2.75, 3.05) is 5.32 Å². The van der Waals surface area contributed by atoms with Crippen LogP contribution in [0.25, 0.3) is 0 Å². The predicted molar refractivity (Wildman–Crippen MR) is 104 cm³/mol. The Kier molecular flexibility index (Phi) is 4.49. The molecule has 1 heterocycles. The maximum absolute atomic E-state index is 11.0. The van der Waals surface area contributed by atoms with Crippen LogP contribution >= 0.6 is 0 Å². The molecule has 2 N–H and O–H groups in total. The molecule has 4 nitrogen and oxygen atoms in total. The Labute approximate surface area is 154 Å². The van der Waals surface area contributed by atoms with Crippen LogP contribution in [0.5, 0.6) is 0 Å². The number of anilines is 1. The first-order valence-electron chi connectivity index (χ1n) is 9.38. The molecule has 134 valence electrons. The summed E-state index contributed by atoms with van der Waals surface area (Å²) in [6.07, 6.45) is 7.27. The van der Waals surface area contributed by atoms with Crippen molar-refractivity contribution in [2.45, 2.75) is 45.1 Å². The number of aromatic carboxylic acids is 1. The molecular formula is C22H24N2O2. The zero-order valence-electron chi connectivity index (χ0n) is 14.9. The minimum absolute atomic E-state index is 0.133. The zero-order chi connectivity index (χ0) is 18.0. The van der Waals surface area contributed by atoms with Gasteiger partial charge in [0, 0.05) is 11.1 Å². The highest BCUT2D eigenvalue weighted by atomic mass is 16.4. The Morgan fingerprint density at radius 1 is 1.04 bits per heavy atom. The third-order valence-electron chi connectivity index (χ3n) is 5.73. The van der Waals surface area contributed by atoms with Gasteiger partial charge in [-0.1, -0.05) is 49.6 Å². The van der Waals surface area contributed by atoms with Gasteiger partial charge in [-0.2, -0.15) is 0 Å². The van der Waals surface area contributed by atoms with E-state index in [9.17, 15) is 4.79 Å². The van der Waals surface area contributed by atoms with E-state index in [0.29, 0.717) is 12.1 Å². The molecule has 1 aliphatic carbocycles. The molecule has 1 spiro atoms. The second kappa shape index (κ2) is 6.94. The number of nitrogens with one attached hydrogen (secondary N) is 1. The molecule has 1 saturated carbocycles. The average Bonchev–Trinajstić information content (AvgIpc) is 2.67. The van der Waals surface area contributed by atoms with E-state index < -0.39 is 5.97 Å². The van der Waals surface area contributed by atoms with Gasteiger partial charge in [0.1, 0.15) is 5.84 Å². The number of carboxylic acids is 1. The molecule has 2 aromatic rings. The third-order valence-corrected chi connectivity index (χ3v) is 5.73. The van der Waals surface area contributed by atoms with E-state index in [0.717, 1.165) is 17.8 Å². The number of aliphatic imine (C=N–C) groups is 1. The van der Waals surface area contributed by atoms with E-state index >= 15 is 0 Å². The Hall–Kier alpha value is -2.62.